The molecule has 0 spiro atoms. The number of ether oxygens (including phenoxy) is 1. The monoisotopic (exact) mass is 527 g/mol. The molecule has 0 aromatic heterocycles. The first kappa shape index (κ1) is 28.4. The fourth-order valence-corrected chi connectivity index (χ4v) is 5.28. The van der Waals surface area contributed by atoms with E-state index in [4.69, 9.17) is 4.74 Å². The molecule has 0 unspecified atom stereocenters. The number of sulfonamides is 1. The summed E-state index contributed by atoms with van der Waals surface area (Å²) in [7, 11) is -4.15. The lowest BCUT2D eigenvalue weighted by Gasteiger charge is -2.33. The Labute approximate surface area is 220 Å². The van der Waals surface area contributed by atoms with E-state index in [1.54, 1.807) is 18.2 Å². The molecule has 0 saturated heterocycles. The minimum Gasteiger partial charge on any atom is -0.449 e. The van der Waals surface area contributed by atoms with E-state index >= 15 is 0 Å². The lowest BCUT2D eigenvalue weighted by molar-refractivity contribution is -0.124. The number of rotatable bonds is 10. The Bertz CT molecular complexity index is 1300. The maximum absolute atomic E-state index is 13.0. The van der Waals surface area contributed by atoms with Gasteiger partial charge >= 0.3 is 6.09 Å². The van der Waals surface area contributed by atoms with E-state index in [0.717, 1.165) is 36.2 Å². The molecule has 0 fully saturated rings. The first-order valence-corrected chi connectivity index (χ1v) is 14.1. The number of benzene rings is 2. The van der Waals surface area contributed by atoms with Crippen LogP contribution in [-0.4, -0.2) is 43.3 Å². The number of amidine groups is 1. The second-order valence-electron chi connectivity index (χ2n) is 10.3. The molecule has 0 saturated carbocycles. The van der Waals surface area contributed by atoms with E-state index in [9.17, 15) is 18.0 Å². The number of amides is 2. The van der Waals surface area contributed by atoms with Gasteiger partial charge in [0, 0.05) is 18.5 Å². The molecule has 0 aliphatic carbocycles. The molecule has 0 bridgehead atoms. The molecular weight excluding hydrogens is 490 g/mol. The van der Waals surface area contributed by atoms with E-state index in [-0.39, 0.29) is 23.3 Å². The molecule has 1 aliphatic rings. The first-order valence-electron chi connectivity index (χ1n) is 12.6. The molecule has 3 rings (SSSR count). The Kier molecular flexibility index (Phi) is 8.79. The van der Waals surface area contributed by atoms with Gasteiger partial charge in [0.2, 0.25) is 0 Å². The van der Waals surface area contributed by atoms with Crippen LogP contribution in [0, 0.1) is 12.8 Å². The van der Waals surface area contributed by atoms with E-state index in [2.05, 4.69) is 16.8 Å². The van der Waals surface area contributed by atoms with Crippen molar-refractivity contribution in [2.45, 2.75) is 77.8 Å². The highest BCUT2D eigenvalue weighted by molar-refractivity contribution is 7.90. The van der Waals surface area contributed by atoms with Crippen molar-refractivity contribution < 1.29 is 22.7 Å². The third kappa shape index (κ3) is 6.57. The van der Waals surface area contributed by atoms with Crippen molar-refractivity contribution >= 4 is 27.9 Å². The molecule has 0 atom stereocenters. The number of aliphatic imine (C=N–C) groups is 1. The van der Waals surface area contributed by atoms with Crippen molar-refractivity contribution in [3.05, 3.63) is 53.6 Å². The Balaban J connectivity index is 1.88. The SMILES string of the molecule is CCCCC1=NC(=O)C(C)(C)N1Cc1ccc(-c2ccccc2S(=O)(=O)NC(=O)OCC(C)C)cc1C. The minimum absolute atomic E-state index is 0.0103. The normalized spacial score (nSPS) is 15.2. The van der Waals surface area contributed by atoms with Gasteiger partial charge in [-0.1, -0.05) is 63.6 Å². The van der Waals surface area contributed by atoms with Crippen LogP contribution in [0.3, 0.4) is 0 Å². The second kappa shape index (κ2) is 11.5. The summed E-state index contributed by atoms with van der Waals surface area (Å²) in [5.41, 5.74) is 2.44. The van der Waals surface area contributed by atoms with Crippen LogP contribution >= 0.6 is 0 Å². The number of carbonyl (C=O) groups is 2. The van der Waals surface area contributed by atoms with Gasteiger partial charge in [-0.2, -0.15) is 4.99 Å². The second-order valence-corrected chi connectivity index (χ2v) is 12.0. The molecule has 1 N–H and O–H groups in total. The van der Waals surface area contributed by atoms with Crippen LogP contribution in [0.25, 0.3) is 11.1 Å². The van der Waals surface area contributed by atoms with E-state index in [0.29, 0.717) is 17.7 Å². The molecule has 1 heterocycles. The molecule has 1 aliphatic heterocycles. The van der Waals surface area contributed by atoms with Gasteiger partial charge in [0.25, 0.3) is 15.9 Å². The predicted octanol–water partition coefficient (Wildman–Crippen LogP) is 5.44. The fourth-order valence-electron chi connectivity index (χ4n) is 4.15. The zero-order chi connectivity index (χ0) is 27.4. The Morgan fingerprint density at radius 1 is 1.16 bits per heavy atom. The number of nitrogens with zero attached hydrogens (tertiary/aromatic N) is 2. The Hall–Kier alpha value is -3.20. The predicted molar refractivity (Wildman–Crippen MR) is 145 cm³/mol. The van der Waals surface area contributed by atoms with Crippen molar-refractivity contribution in [3.63, 3.8) is 0 Å². The van der Waals surface area contributed by atoms with Gasteiger partial charge in [0.15, 0.2) is 0 Å². The highest BCUT2D eigenvalue weighted by Gasteiger charge is 2.42. The van der Waals surface area contributed by atoms with Gasteiger partial charge in [-0.15, -0.1) is 0 Å². The summed E-state index contributed by atoms with van der Waals surface area (Å²) in [6.45, 7) is 12.2. The van der Waals surface area contributed by atoms with Gasteiger partial charge in [0.1, 0.15) is 11.4 Å². The molecule has 0 radical (unpaired) electrons. The summed E-state index contributed by atoms with van der Waals surface area (Å²) in [5, 5.41) is 0. The first-order chi connectivity index (χ1) is 17.4. The smallest absolute Gasteiger partial charge is 0.421 e. The van der Waals surface area contributed by atoms with E-state index in [1.807, 2.05) is 57.5 Å². The van der Waals surface area contributed by atoms with Gasteiger partial charge in [-0.05, 0) is 55.9 Å². The molecule has 9 heteroatoms. The van der Waals surface area contributed by atoms with Crippen LogP contribution in [-0.2, 0) is 26.1 Å². The van der Waals surface area contributed by atoms with Crippen molar-refractivity contribution in [1.29, 1.82) is 0 Å². The summed E-state index contributed by atoms with van der Waals surface area (Å²) in [6, 6.07) is 12.3. The van der Waals surface area contributed by atoms with Crippen molar-refractivity contribution in [2.75, 3.05) is 6.61 Å². The standard InChI is InChI=1S/C28H37N3O5S/c1-7-8-13-25-29-26(32)28(5,6)31(25)17-22-15-14-21(16-20(22)4)23-11-9-10-12-24(23)37(34,35)30-27(33)36-18-19(2)3/h9-12,14-16,19H,7-8,13,17-18H2,1-6H3,(H,30,33). The summed E-state index contributed by atoms with van der Waals surface area (Å²) in [4.78, 5) is 31.0. The Morgan fingerprint density at radius 2 is 1.86 bits per heavy atom. The van der Waals surface area contributed by atoms with Crippen molar-refractivity contribution in [1.82, 2.24) is 9.62 Å². The maximum atomic E-state index is 13.0. The molecule has 200 valence electrons. The third-order valence-corrected chi connectivity index (χ3v) is 7.79. The van der Waals surface area contributed by atoms with Crippen LogP contribution < -0.4 is 4.72 Å². The highest BCUT2D eigenvalue weighted by atomic mass is 32.2. The van der Waals surface area contributed by atoms with Crippen molar-refractivity contribution in [2.24, 2.45) is 10.9 Å². The summed E-state index contributed by atoms with van der Waals surface area (Å²) in [5.74, 6) is 0.763. The van der Waals surface area contributed by atoms with Gasteiger partial charge < -0.3 is 9.64 Å². The van der Waals surface area contributed by atoms with Gasteiger partial charge in [0.05, 0.1) is 11.5 Å². The lowest BCUT2D eigenvalue weighted by Crippen LogP contribution is -2.46. The number of aryl methyl sites for hydroxylation is 1. The number of carbonyl (C=O) groups excluding carboxylic acids is 2. The number of nitrogens with one attached hydrogen (secondary N) is 1. The largest absolute Gasteiger partial charge is 0.449 e. The lowest BCUT2D eigenvalue weighted by atomic mass is 9.97. The number of hydrogen-bond acceptors (Lipinski definition) is 6. The summed E-state index contributed by atoms with van der Waals surface area (Å²) >= 11 is 0. The van der Waals surface area contributed by atoms with Crippen molar-refractivity contribution in [3.8, 4) is 11.1 Å². The molecule has 37 heavy (non-hydrogen) atoms. The Morgan fingerprint density at radius 3 is 2.51 bits per heavy atom. The fraction of sp³-hybridized carbons (Fsp3) is 0.464. The quantitative estimate of drug-likeness (QED) is 0.441. The van der Waals surface area contributed by atoms with Gasteiger partial charge in [-0.3, -0.25) is 4.79 Å². The van der Waals surface area contributed by atoms with Crippen LogP contribution in [0.1, 0.15) is 65.0 Å². The number of unbranched alkanes of at least 4 members (excludes halogenated alkanes) is 1. The minimum atomic E-state index is -4.15. The van der Waals surface area contributed by atoms with E-state index in [1.165, 1.54) is 6.07 Å². The van der Waals surface area contributed by atoms with Crippen LogP contribution in [0.5, 0.6) is 0 Å². The molecule has 2 amide bonds. The van der Waals surface area contributed by atoms with E-state index < -0.39 is 21.7 Å². The average Bonchev–Trinajstić information content (AvgIpc) is 3.05. The van der Waals surface area contributed by atoms with Crippen LogP contribution in [0.15, 0.2) is 52.4 Å². The molecular formula is C28H37N3O5S. The zero-order valence-electron chi connectivity index (χ0n) is 22.5. The highest BCUT2D eigenvalue weighted by Crippen LogP contribution is 2.32. The molecule has 8 nitrogen and oxygen atoms in total. The average molecular weight is 528 g/mol. The van der Waals surface area contributed by atoms with Gasteiger partial charge in [-0.25, -0.2) is 17.9 Å². The number of hydrogen-bond donors (Lipinski definition) is 1. The summed E-state index contributed by atoms with van der Waals surface area (Å²) < 4.78 is 33.0. The molecule has 2 aromatic carbocycles. The zero-order valence-corrected chi connectivity index (χ0v) is 23.3. The third-order valence-electron chi connectivity index (χ3n) is 6.42. The topological polar surface area (TPSA) is 105 Å². The summed E-state index contributed by atoms with van der Waals surface area (Å²) in [6.07, 6.45) is 1.72. The molecule has 2 aromatic rings. The van der Waals surface area contributed by atoms with Crippen LogP contribution in [0.4, 0.5) is 4.79 Å². The van der Waals surface area contributed by atoms with Crippen LogP contribution in [0.2, 0.25) is 0 Å². The maximum Gasteiger partial charge on any atom is 0.421 e.